The molecule has 2 aliphatic rings. The molecule has 0 radical (unpaired) electrons. The summed E-state index contributed by atoms with van der Waals surface area (Å²) in [7, 11) is 2.14. The Labute approximate surface area is 159 Å². The summed E-state index contributed by atoms with van der Waals surface area (Å²) in [5.41, 5.74) is 11.9. The minimum atomic E-state index is 0.0747. The Kier molecular flexibility index (Phi) is 8.60. The lowest BCUT2D eigenvalue weighted by Gasteiger charge is -2.34. The molecule has 2 aliphatic heterocycles. The number of carbonyl (C=O) groups excluding carboxylic acids is 1. The summed E-state index contributed by atoms with van der Waals surface area (Å²) >= 11 is 0. The van der Waals surface area contributed by atoms with Crippen LogP contribution in [-0.4, -0.2) is 79.5 Å². The first kappa shape index (κ1) is 20.9. The molecule has 1 fully saturated rings. The van der Waals surface area contributed by atoms with Gasteiger partial charge in [0.2, 0.25) is 5.91 Å². The summed E-state index contributed by atoms with van der Waals surface area (Å²) < 4.78 is 0. The van der Waals surface area contributed by atoms with E-state index < -0.39 is 0 Å². The smallest absolute Gasteiger partial charge is 0.237 e. The van der Waals surface area contributed by atoms with Gasteiger partial charge in [0.05, 0.1) is 6.54 Å². The van der Waals surface area contributed by atoms with Crippen LogP contribution in [0, 0.1) is 0 Å². The van der Waals surface area contributed by atoms with Crippen molar-refractivity contribution in [2.45, 2.75) is 45.6 Å². The average molecular weight is 361 g/mol. The molecule has 2 rings (SSSR count). The molecule has 5 heteroatoms. The number of hydrogen-bond acceptors (Lipinski definition) is 4. The molecule has 0 aromatic rings. The molecule has 26 heavy (non-hydrogen) atoms. The van der Waals surface area contributed by atoms with Crippen molar-refractivity contribution in [1.82, 2.24) is 14.7 Å². The maximum Gasteiger partial charge on any atom is 0.237 e. The predicted octanol–water partition coefficient (Wildman–Crippen LogP) is 2.01. The fourth-order valence-corrected chi connectivity index (χ4v) is 3.36. The molecule has 1 saturated heterocycles. The highest BCUT2D eigenvalue weighted by Crippen LogP contribution is 2.18. The van der Waals surface area contributed by atoms with Gasteiger partial charge in [-0.05, 0) is 44.5 Å². The summed E-state index contributed by atoms with van der Waals surface area (Å²) in [6, 6.07) is 0.0747. The Morgan fingerprint density at radius 3 is 2.69 bits per heavy atom. The number of nitrogens with zero attached hydrogens (tertiary/aromatic N) is 3. The van der Waals surface area contributed by atoms with Crippen LogP contribution in [0.3, 0.4) is 0 Å². The van der Waals surface area contributed by atoms with Crippen LogP contribution in [0.5, 0.6) is 0 Å². The van der Waals surface area contributed by atoms with Gasteiger partial charge in [-0.2, -0.15) is 0 Å². The maximum absolute atomic E-state index is 12.7. The Bertz CT molecular complexity index is 554. The number of amides is 1. The largest absolute Gasteiger partial charge is 0.337 e. The second-order valence-corrected chi connectivity index (χ2v) is 7.73. The zero-order chi connectivity index (χ0) is 18.9. The number of hydrogen-bond donors (Lipinski definition) is 1. The van der Waals surface area contributed by atoms with Crippen LogP contribution < -0.4 is 5.73 Å². The Hall–Kier alpha value is -1.39. The molecule has 0 aliphatic carbocycles. The van der Waals surface area contributed by atoms with Crippen LogP contribution in [0.1, 0.15) is 39.5 Å². The van der Waals surface area contributed by atoms with Crippen LogP contribution in [0.25, 0.3) is 0 Å². The first-order chi connectivity index (χ1) is 12.5. The van der Waals surface area contributed by atoms with Gasteiger partial charge in [-0.25, -0.2) is 0 Å². The normalized spacial score (nSPS) is 20.7. The topological polar surface area (TPSA) is 52.8 Å². The summed E-state index contributed by atoms with van der Waals surface area (Å²) in [5.74, 6) is 0.247. The molecule has 146 valence electrons. The van der Waals surface area contributed by atoms with E-state index in [1.165, 1.54) is 17.6 Å². The van der Waals surface area contributed by atoms with Crippen LogP contribution in [0.4, 0.5) is 0 Å². The van der Waals surface area contributed by atoms with Gasteiger partial charge >= 0.3 is 0 Å². The Morgan fingerprint density at radius 1 is 1.27 bits per heavy atom. The zero-order valence-electron chi connectivity index (χ0n) is 16.8. The zero-order valence-corrected chi connectivity index (χ0v) is 16.8. The Balaban J connectivity index is 1.88. The van der Waals surface area contributed by atoms with Gasteiger partial charge in [-0.3, -0.25) is 9.69 Å². The molecule has 0 bridgehead atoms. The van der Waals surface area contributed by atoms with Gasteiger partial charge in [0.1, 0.15) is 0 Å². The lowest BCUT2D eigenvalue weighted by Crippen LogP contribution is -2.49. The van der Waals surface area contributed by atoms with Crippen LogP contribution in [-0.2, 0) is 4.79 Å². The van der Waals surface area contributed by atoms with Crippen molar-refractivity contribution in [3.63, 3.8) is 0 Å². The van der Waals surface area contributed by atoms with E-state index in [-0.39, 0.29) is 11.9 Å². The molecule has 2 heterocycles. The van der Waals surface area contributed by atoms with Crippen molar-refractivity contribution in [2.24, 2.45) is 5.73 Å². The quantitative estimate of drug-likeness (QED) is 0.706. The van der Waals surface area contributed by atoms with Crippen molar-refractivity contribution < 1.29 is 4.79 Å². The number of carbonyl (C=O) groups is 1. The number of piperazine rings is 1. The molecule has 2 N–H and O–H groups in total. The van der Waals surface area contributed by atoms with E-state index in [1.54, 1.807) is 0 Å². The number of unbranched alkanes of at least 4 members (excludes halogenated alkanes) is 1. The SMILES string of the molecule is CCCCC(N)C=C=CC1=C(C)CCN(C(=O)CN2CCN(C)CC2)C1. The summed E-state index contributed by atoms with van der Waals surface area (Å²) in [4.78, 5) is 19.3. The minimum absolute atomic E-state index is 0.0747. The van der Waals surface area contributed by atoms with Gasteiger partial charge in [0.15, 0.2) is 0 Å². The third kappa shape index (κ3) is 6.73. The molecule has 0 spiro atoms. The van der Waals surface area contributed by atoms with Crippen LogP contribution in [0.2, 0.25) is 0 Å². The average Bonchev–Trinajstić information content (AvgIpc) is 2.63. The van der Waals surface area contributed by atoms with E-state index in [4.69, 9.17) is 5.73 Å². The lowest BCUT2D eigenvalue weighted by atomic mass is 10.0. The number of nitrogens with two attached hydrogens (primary N) is 1. The van der Waals surface area contributed by atoms with Crippen molar-refractivity contribution in [2.75, 3.05) is 52.9 Å². The molecule has 0 aromatic heterocycles. The van der Waals surface area contributed by atoms with Gasteiger partial charge in [-0.1, -0.05) is 25.3 Å². The highest BCUT2D eigenvalue weighted by atomic mass is 16.2. The third-order valence-electron chi connectivity index (χ3n) is 5.43. The summed E-state index contributed by atoms with van der Waals surface area (Å²) in [6.07, 6.45) is 8.25. The van der Waals surface area contributed by atoms with E-state index in [2.05, 4.69) is 36.4 Å². The van der Waals surface area contributed by atoms with Crippen molar-refractivity contribution in [3.05, 3.63) is 29.0 Å². The minimum Gasteiger partial charge on any atom is -0.337 e. The Morgan fingerprint density at radius 2 is 2.00 bits per heavy atom. The van der Waals surface area contributed by atoms with Gasteiger partial charge in [0, 0.05) is 45.3 Å². The van der Waals surface area contributed by atoms with Crippen molar-refractivity contribution in [1.29, 1.82) is 0 Å². The monoisotopic (exact) mass is 360 g/mol. The first-order valence-corrected chi connectivity index (χ1v) is 10.0. The standard InChI is InChI=1S/C21H36N4O/c1-4-5-8-20(22)9-6-7-19-16-25(11-10-18(19)2)21(26)17-24-14-12-23(3)13-15-24/h7,9,20H,4-5,8,10-17,22H2,1-3H3. The van der Waals surface area contributed by atoms with Crippen molar-refractivity contribution in [3.8, 4) is 0 Å². The first-order valence-electron chi connectivity index (χ1n) is 10.0. The molecular weight excluding hydrogens is 324 g/mol. The van der Waals surface area contributed by atoms with E-state index in [9.17, 15) is 4.79 Å². The van der Waals surface area contributed by atoms with E-state index in [0.717, 1.165) is 52.0 Å². The molecule has 0 aromatic carbocycles. The summed E-state index contributed by atoms with van der Waals surface area (Å²) in [5, 5.41) is 0. The summed E-state index contributed by atoms with van der Waals surface area (Å²) in [6.45, 7) is 10.5. The second-order valence-electron chi connectivity index (χ2n) is 7.73. The third-order valence-corrected chi connectivity index (χ3v) is 5.43. The van der Waals surface area contributed by atoms with E-state index in [1.807, 2.05) is 17.1 Å². The molecule has 5 nitrogen and oxygen atoms in total. The van der Waals surface area contributed by atoms with Crippen molar-refractivity contribution >= 4 is 5.91 Å². The van der Waals surface area contributed by atoms with Gasteiger partial charge in [-0.15, -0.1) is 5.73 Å². The van der Waals surface area contributed by atoms with Gasteiger partial charge in [0.25, 0.3) is 0 Å². The number of likely N-dealkylation sites (N-methyl/N-ethyl adjacent to an activating group) is 1. The molecule has 1 amide bonds. The lowest BCUT2D eigenvalue weighted by molar-refractivity contribution is -0.132. The number of rotatable bonds is 7. The fourth-order valence-electron chi connectivity index (χ4n) is 3.36. The molecule has 1 atom stereocenters. The molecule has 1 unspecified atom stereocenters. The molecule has 0 saturated carbocycles. The van der Waals surface area contributed by atoms with E-state index in [0.29, 0.717) is 13.1 Å². The maximum atomic E-state index is 12.7. The van der Waals surface area contributed by atoms with Gasteiger partial charge < -0.3 is 15.5 Å². The predicted molar refractivity (Wildman–Crippen MR) is 108 cm³/mol. The second kappa shape index (κ2) is 10.7. The van der Waals surface area contributed by atoms with Crippen LogP contribution >= 0.6 is 0 Å². The van der Waals surface area contributed by atoms with E-state index >= 15 is 0 Å². The van der Waals surface area contributed by atoms with Crippen LogP contribution in [0.15, 0.2) is 29.0 Å². The molecular formula is C21H36N4O. The highest BCUT2D eigenvalue weighted by Gasteiger charge is 2.23. The fraction of sp³-hybridized carbons (Fsp3) is 0.714. The highest BCUT2D eigenvalue weighted by molar-refractivity contribution is 5.79.